The Bertz CT molecular complexity index is 2360. The van der Waals surface area contributed by atoms with E-state index in [1.165, 1.54) is 36.4 Å². The predicted octanol–water partition coefficient (Wildman–Crippen LogP) is 7.56. The van der Waals surface area contributed by atoms with Gasteiger partial charge in [0.05, 0.1) is 33.5 Å². The SMILES string of the molecule is Nc1c(N=Nc2ccc(-c3ccc(N=Nc4cc(S(=O)(=O)O)c5cccc(O)c5c4N)cc3)cc2)cc(S(=O)(=O)O)c2cccc(O)c12. The van der Waals surface area contributed by atoms with Crippen LogP contribution in [0.15, 0.2) is 127 Å². The van der Waals surface area contributed by atoms with E-state index in [2.05, 4.69) is 20.5 Å². The van der Waals surface area contributed by atoms with E-state index >= 15 is 0 Å². The van der Waals surface area contributed by atoms with Gasteiger partial charge < -0.3 is 21.7 Å². The minimum atomic E-state index is -4.67. The van der Waals surface area contributed by atoms with Gasteiger partial charge in [-0.3, -0.25) is 9.11 Å². The summed E-state index contributed by atoms with van der Waals surface area (Å²) < 4.78 is 67.5. The standard InChI is InChI=1S/C32H24N6O8S2/c33-31-23(15-27(47(41,42)43)21-3-1-5-25(39)29(21)31)37-35-19-11-7-17(8-12-19)18-9-13-20(14-10-18)36-38-24-16-28(48(44,45)46)22-4-2-6-26(40)30(22)32(24)34/h1-16,39-40H,33-34H2,(H,41,42,43)(H,44,45,46). The summed E-state index contributed by atoms with van der Waals surface area (Å²) in [5.74, 6) is -0.568. The van der Waals surface area contributed by atoms with E-state index in [9.17, 15) is 36.2 Å². The highest BCUT2D eigenvalue weighted by Gasteiger charge is 2.22. The van der Waals surface area contributed by atoms with Crippen LogP contribution in [0, 0.1) is 0 Å². The van der Waals surface area contributed by atoms with Crippen molar-refractivity contribution in [2.45, 2.75) is 9.79 Å². The number of nitrogens with two attached hydrogens (primary N) is 2. The van der Waals surface area contributed by atoms with Crippen LogP contribution in [0.5, 0.6) is 11.5 Å². The summed E-state index contributed by atoms with van der Waals surface area (Å²) in [6.07, 6.45) is 0. The summed E-state index contributed by atoms with van der Waals surface area (Å²) in [5.41, 5.74) is 14.6. The first kappa shape index (κ1) is 32.0. The molecule has 0 aliphatic heterocycles. The largest absolute Gasteiger partial charge is 0.507 e. The minimum Gasteiger partial charge on any atom is -0.507 e. The maximum absolute atomic E-state index is 12.0. The number of hydrogen-bond donors (Lipinski definition) is 6. The number of anilines is 2. The van der Waals surface area contributed by atoms with Gasteiger partial charge in [-0.05, 0) is 59.7 Å². The molecular formula is C32H24N6O8S2. The lowest BCUT2D eigenvalue weighted by molar-refractivity contribution is 0.479. The number of phenolic OH excluding ortho intramolecular Hbond substituents is 2. The highest BCUT2D eigenvalue weighted by molar-refractivity contribution is 7.86. The molecule has 8 N–H and O–H groups in total. The Labute approximate surface area is 272 Å². The van der Waals surface area contributed by atoms with Crippen LogP contribution >= 0.6 is 0 Å². The van der Waals surface area contributed by atoms with Crippen LogP contribution in [0.3, 0.4) is 0 Å². The average molecular weight is 685 g/mol. The Balaban J connectivity index is 1.24. The molecule has 0 fully saturated rings. The van der Waals surface area contributed by atoms with E-state index < -0.39 is 30.0 Å². The molecule has 0 unspecified atom stereocenters. The van der Waals surface area contributed by atoms with Gasteiger partial charge in [0.15, 0.2) is 0 Å². The van der Waals surface area contributed by atoms with Gasteiger partial charge in [-0.25, -0.2) is 0 Å². The van der Waals surface area contributed by atoms with Crippen LogP contribution in [0.1, 0.15) is 0 Å². The van der Waals surface area contributed by atoms with Crippen molar-refractivity contribution in [1.82, 2.24) is 0 Å². The molecule has 0 radical (unpaired) electrons. The molecule has 0 bridgehead atoms. The number of azo groups is 2. The first-order valence-electron chi connectivity index (χ1n) is 13.8. The fraction of sp³-hybridized carbons (Fsp3) is 0. The van der Waals surface area contributed by atoms with Crippen molar-refractivity contribution in [2.75, 3.05) is 11.5 Å². The number of nitrogens with zero attached hydrogens (tertiary/aromatic N) is 4. The second-order valence-corrected chi connectivity index (χ2v) is 13.2. The summed E-state index contributed by atoms with van der Waals surface area (Å²) in [7, 11) is -9.34. The topological polar surface area (TPSA) is 251 Å². The molecule has 242 valence electrons. The molecule has 0 spiro atoms. The molecule has 6 rings (SSSR count). The zero-order chi connectivity index (χ0) is 34.4. The molecule has 0 heterocycles. The average Bonchev–Trinajstić information content (AvgIpc) is 3.03. The van der Waals surface area contributed by atoms with E-state index in [-0.39, 0.29) is 55.8 Å². The van der Waals surface area contributed by atoms with Crippen molar-refractivity contribution in [3.8, 4) is 22.6 Å². The van der Waals surface area contributed by atoms with Crippen molar-refractivity contribution >= 4 is 75.9 Å². The van der Waals surface area contributed by atoms with Crippen LogP contribution in [0.25, 0.3) is 32.7 Å². The molecule has 48 heavy (non-hydrogen) atoms. The maximum atomic E-state index is 12.0. The minimum absolute atomic E-state index is 0.0165. The van der Waals surface area contributed by atoms with Crippen molar-refractivity contribution in [1.29, 1.82) is 0 Å². The number of benzene rings is 6. The number of phenols is 2. The molecule has 0 saturated heterocycles. The fourth-order valence-electron chi connectivity index (χ4n) is 5.13. The summed E-state index contributed by atoms with van der Waals surface area (Å²) in [4.78, 5) is -0.949. The molecule has 0 amide bonds. The molecule has 0 aliphatic rings. The fourth-order valence-corrected chi connectivity index (χ4v) is 6.55. The van der Waals surface area contributed by atoms with E-state index in [0.717, 1.165) is 23.3 Å². The maximum Gasteiger partial charge on any atom is 0.295 e. The van der Waals surface area contributed by atoms with Crippen molar-refractivity contribution in [2.24, 2.45) is 20.5 Å². The van der Waals surface area contributed by atoms with Crippen molar-refractivity contribution < 1.29 is 36.2 Å². The van der Waals surface area contributed by atoms with E-state index in [1.54, 1.807) is 48.5 Å². The lowest BCUT2D eigenvalue weighted by Crippen LogP contribution is -2.01. The van der Waals surface area contributed by atoms with Crippen molar-refractivity contribution in [3.63, 3.8) is 0 Å². The molecule has 6 aromatic rings. The van der Waals surface area contributed by atoms with Gasteiger partial charge in [0.1, 0.15) is 32.7 Å². The van der Waals surface area contributed by atoms with Crippen LogP contribution < -0.4 is 11.5 Å². The van der Waals surface area contributed by atoms with Crippen molar-refractivity contribution in [3.05, 3.63) is 97.1 Å². The van der Waals surface area contributed by atoms with Gasteiger partial charge in [0.2, 0.25) is 0 Å². The molecular weight excluding hydrogens is 661 g/mol. The second-order valence-electron chi connectivity index (χ2n) is 10.5. The normalized spacial score (nSPS) is 12.5. The Morgan fingerprint density at radius 1 is 0.500 bits per heavy atom. The Kier molecular flexibility index (Phi) is 8.01. The van der Waals surface area contributed by atoms with Gasteiger partial charge >= 0.3 is 0 Å². The number of aromatic hydroxyl groups is 2. The van der Waals surface area contributed by atoms with Gasteiger partial charge in [0, 0.05) is 10.8 Å². The lowest BCUT2D eigenvalue weighted by atomic mass is 10.1. The second kappa shape index (κ2) is 12.0. The summed E-state index contributed by atoms with van der Waals surface area (Å²) in [6.45, 7) is 0. The smallest absolute Gasteiger partial charge is 0.295 e. The lowest BCUT2D eigenvalue weighted by Gasteiger charge is -2.10. The van der Waals surface area contributed by atoms with Gasteiger partial charge in [-0.1, -0.05) is 48.5 Å². The number of rotatable bonds is 7. The van der Waals surface area contributed by atoms with Crippen LogP contribution in [0.4, 0.5) is 34.1 Å². The Morgan fingerprint density at radius 2 is 0.854 bits per heavy atom. The number of fused-ring (bicyclic) bond motifs is 2. The first-order valence-corrected chi connectivity index (χ1v) is 16.7. The van der Waals surface area contributed by atoms with E-state index in [1.807, 2.05) is 0 Å². The molecule has 14 nitrogen and oxygen atoms in total. The Hall–Kier alpha value is -5.94. The van der Waals surface area contributed by atoms with Crippen LogP contribution in [-0.2, 0) is 20.2 Å². The quantitative estimate of drug-likeness (QED) is 0.0546. The first-order chi connectivity index (χ1) is 22.7. The zero-order valence-electron chi connectivity index (χ0n) is 24.4. The number of hydrogen-bond acceptors (Lipinski definition) is 12. The molecule has 0 aromatic heterocycles. The van der Waals surface area contributed by atoms with E-state index in [4.69, 9.17) is 11.5 Å². The summed E-state index contributed by atoms with van der Waals surface area (Å²) in [5, 5.41) is 37.1. The Morgan fingerprint density at radius 3 is 1.19 bits per heavy atom. The summed E-state index contributed by atoms with van der Waals surface area (Å²) in [6, 6.07) is 24.2. The third-order valence-electron chi connectivity index (χ3n) is 7.41. The zero-order valence-corrected chi connectivity index (χ0v) is 26.1. The van der Waals surface area contributed by atoms with Crippen LogP contribution in [0.2, 0.25) is 0 Å². The van der Waals surface area contributed by atoms with Gasteiger partial charge in [-0.15, -0.1) is 10.2 Å². The monoisotopic (exact) mass is 684 g/mol. The third kappa shape index (κ3) is 6.10. The number of nitrogen functional groups attached to an aromatic ring is 2. The van der Waals surface area contributed by atoms with E-state index in [0.29, 0.717) is 11.4 Å². The van der Waals surface area contributed by atoms with Gasteiger partial charge in [-0.2, -0.15) is 27.1 Å². The molecule has 0 aliphatic carbocycles. The summed E-state index contributed by atoms with van der Waals surface area (Å²) >= 11 is 0. The molecule has 16 heteroatoms. The van der Waals surface area contributed by atoms with Crippen LogP contribution in [-0.4, -0.2) is 36.2 Å². The molecule has 0 atom stereocenters. The highest BCUT2D eigenvalue weighted by Crippen LogP contribution is 2.42. The highest BCUT2D eigenvalue weighted by atomic mass is 32.2. The van der Waals surface area contributed by atoms with Gasteiger partial charge in [0.25, 0.3) is 20.2 Å². The third-order valence-corrected chi connectivity index (χ3v) is 9.20. The molecule has 6 aromatic carbocycles. The molecule has 0 saturated carbocycles. The predicted molar refractivity (Wildman–Crippen MR) is 180 cm³/mol.